The van der Waals surface area contributed by atoms with Crippen LogP contribution in [-0.2, 0) is 9.53 Å². The second-order valence-electron chi connectivity index (χ2n) is 6.87. The van der Waals surface area contributed by atoms with E-state index in [0.29, 0.717) is 12.0 Å². The van der Waals surface area contributed by atoms with Crippen LogP contribution in [0.4, 0.5) is 0 Å². The van der Waals surface area contributed by atoms with E-state index in [2.05, 4.69) is 19.2 Å². The van der Waals surface area contributed by atoms with E-state index in [0.717, 1.165) is 18.3 Å². The summed E-state index contributed by atoms with van der Waals surface area (Å²) in [6.45, 7) is 4.28. The molecule has 5 unspecified atom stereocenters. The van der Waals surface area contributed by atoms with E-state index in [1.165, 1.54) is 52.1 Å². The molecule has 0 heterocycles. The van der Waals surface area contributed by atoms with Crippen molar-refractivity contribution in [3.8, 4) is 0 Å². The molecule has 116 valence electrons. The van der Waals surface area contributed by atoms with Crippen LogP contribution in [0.1, 0.15) is 65.2 Å². The summed E-state index contributed by atoms with van der Waals surface area (Å²) in [7, 11) is 1.50. The van der Waals surface area contributed by atoms with Crippen molar-refractivity contribution in [2.24, 2.45) is 17.8 Å². The number of ether oxygens (including phenoxy) is 1. The first-order valence-electron chi connectivity index (χ1n) is 8.49. The molecule has 3 nitrogen and oxygen atoms in total. The molecule has 1 N–H and O–H groups in total. The first kappa shape index (κ1) is 15.8. The second kappa shape index (κ2) is 7.44. The number of esters is 1. The highest BCUT2D eigenvalue weighted by molar-refractivity contribution is 5.76. The Balaban J connectivity index is 1.91. The summed E-state index contributed by atoms with van der Waals surface area (Å²) in [4.78, 5) is 12.0. The quantitative estimate of drug-likeness (QED) is 0.784. The van der Waals surface area contributed by atoms with Crippen LogP contribution in [0.3, 0.4) is 0 Å². The molecule has 0 spiro atoms. The second-order valence-corrected chi connectivity index (χ2v) is 6.87. The van der Waals surface area contributed by atoms with Crippen LogP contribution in [0.2, 0.25) is 0 Å². The molecule has 0 aliphatic heterocycles. The van der Waals surface area contributed by atoms with Gasteiger partial charge in [-0.1, -0.05) is 46.0 Å². The zero-order valence-corrected chi connectivity index (χ0v) is 13.4. The van der Waals surface area contributed by atoms with E-state index in [1.54, 1.807) is 0 Å². The van der Waals surface area contributed by atoms with E-state index in [4.69, 9.17) is 4.74 Å². The minimum Gasteiger partial charge on any atom is -0.468 e. The van der Waals surface area contributed by atoms with Crippen molar-refractivity contribution in [3.63, 3.8) is 0 Å². The van der Waals surface area contributed by atoms with Crippen LogP contribution in [0, 0.1) is 17.8 Å². The minimum atomic E-state index is -0.129. The van der Waals surface area contributed by atoms with Crippen LogP contribution in [0.25, 0.3) is 0 Å². The van der Waals surface area contributed by atoms with Gasteiger partial charge in [-0.25, -0.2) is 0 Å². The molecule has 2 saturated carbocycles. The molecule has 0 radical (unpaired) electrons. The van der Waals surface area contributed by atoms with Crippen LogP contribution in [0.5, 0.6) is 0 Å². The summed E-state index contributed by atoms with van der Waals surface area (Å²) >= 11 is 0. The largest absolute Gasteiger partial charge is 0.468 e. The Morgan fingerprint density at radius 3 is 2.55 bits per heavy atom. The summed E-state index contributed by atoms with van der Waals surface area (Å²) < 4.78 is 4.98. The standard InChI is InChI=1S/C17H31NO2/c1-4-12(2)16(17(19)20-3)18-15-10-9-13-7-5-6-8-14(13)11-15/h12-16,18H,4-11H2,1-3H3. The van der Waals surface area contributed by atoms with Crippen molar-refractivity contribution >= 4 is 5.97 Å². The summed E-state index contributed by atoms with van der Waals surface area (Å²) in [5.41, 5.74) is 0. The molecule has 0 bridgehead atoms. The Morgan fingerprint density at radius 1 is 1.20 bits per heavy atom. The maximum Gasteiger partial charge on any atom is 0.323 e. The molecule has 5 atom stereocenters. The maximum atomic E-state index is 12.0. The smallest absolute Gasteiger partial charge is 0.323 e. The summed E-state index contributed by atoms with van der Waals surface area (Å²) in [5, 5.41) is 3.62. The fourth-order valence-corrected chi connectivity index (χ4v) is 4.11. The summed E-state index contributed by atoms with van der Waals surface area (Å²) in [6, 6.07) is 0.377. The van der Waals surface area contributed by atoms with Crippen LogP contribution >= 0.6 is 0 Å². The Bertz CT molecular complexity index is 318. The maximum absolute atomic E-state index is 12.0. The molecule has 2 aliphatic rings. The molecule has 0 aromatic heterocycles. The fourth-order valence-electron chi connectivity index (χ4n) is 4.11. The van der Waals surface area contributed by atoms with E-state index < -0.39 is 0 Å². The molecule has 0 aromatic rings. The van der Waals surface area contributed by atoms with Crippen molar-refractivity contribution < 1.29 is 9.53 Å². The third kappa shape index (κ3) is 3.75. The lowest BCUT2D eigenvalue weighted by Crippen LogP contribution is -2.50. The van der Waals surface area contributed by atoms with Gasteiger partial charge in [0.25, 0.3) is 0 Å². The monoisotopic (exact) mass is 281 g/mol. The Kier molecular flexibility index (Phi) is 5.88. The van der Waals surface area contributed by atoms with Crippen molar-refractivity contribution in [1.82, 2.24) is 5.32 Å². The number of nitrogens with one attached hydrogen (secondary N) is 1. The van der Waals surface area contributed by atoms with Crippen LogP contribution < -0.4 is 5.32 Å². The third-order valence-corrected chi connectivity index (χ3v) is 5.62. The number of methoxy groups -OCH3 is 1. The molecule has 0 saturated heterocycles. The van der Waals surface area contributed by atoms with Crippen LogP contribution in [-0.4, -0.2) is 25.2 Å². The first-order valence-corrected chi connectivity index (χ1v) is 8.49. The molecule has 2 aliphatic carbocycles. The van der Waals surface area contributed by atoms with Crippen LogP contribution in [0.15, 0.2) is 0 Å². The lowest BCUT2D eigenvalue weighted by atomic mass is 9.69. The lowest BCUT2D eigenvalue weighted by Gasteiger charge is -2.41. The number of fused-ring (bicyclic) bond motifs is 1. The van der Waals surface area contributed by atoms with Crippen molar-refractivity contribution in [1.29, 1.82) is 0 Å². The van der Waals surface area contributed by atoms with Gasteiger partial charge in [0.1, 0.15) is 6.04 Å². The lowest BCUT2D eigenvalue weighted by molar-refractivity contribution is -0.145. The highest BCUT2D eigenvalue weighted by Gasteiger charge is 2.35. The van der Waals surface area contributed by atoms with Crippen molar-refractivity contribution in [2.45, 2.75) is 77.3 Å². The highest BCUT2D eigenvalue weighted by atomic mass is 16.5. The fraction of sp³-hybridized carbons (Fsp3) is 0.941. The third-order valence-electron chi connectivity index (χ3n) is 5.62. The molecule has 0 aromatic carbocycles. The first-order chi connectivity index (χ1) is 9.65. The molecule has 2 fully saturated rings. The summed E-state index contributed by atoms with van der Waals surface area (Å²) in [5.74, 6) is 2.10. The minimum absolute atomic E-state index is 0.0925. The Hall–Kier alpha value is -0.570. The van der Waals surface area contributed by atoms with E-state index in [1.807, 2.05) is 0 Å². The molecule has 0 amide bonds. The normalized spacial score (nSPS) is 33.0. The van der Waals surface area contributed by atoms with Crippen molar-refractivity contribution in [2.75, 3.05) is 7.11 Å². The number of carbonyl (C=O) groups is 1. The molecule has 20 heavy (non-hydrogen) atoms. The predicted molar refractivity (Wildman–Crippen MR) is 81.5 cm³/mol. The number of carbonyl (C=O) groups excluding carboxylic acids is 1. The topological polar surface area (TPSA) is 38.3 Å². The SMILES string of the molecule is CCC(C)C(NC1CCC2CCCCC2C1)C(=O)OC. The van der Waals surface area contributed by atoms with Gasteiger partial charge in [0, 0.05) is 6.04 Å². The Labute approximate surface area is 123 Å². The number of rotatable bonds is 5. The zero-order chi connectivity index (χ0) is 14.5. The van der Waals surface area contributed by atoms with E-state index >= 15 is 0 Å². The van der Waals surface area contributed by atoms with Gasteiger partial charge < -0.3 is 10.1 Å². The van der Waals surface area contributed by atoms with Gasteiger partial charge >= 0.3 is 5.97 Å². The number of hydrogen-bond donors (Lipinski definition) is 1. The predicted octanol–water partition coefficient (Wildman–Crippen LogP) is 3.52. The molecule has 3 heteroatoms. The van der Waals surface area contributed by atoms with Gasteiger partial charge in [-0.3, -0.25) is 4.79 Å². The molecule has 2 rings (SSSR count). The van der Waals surface area contributed by atoms with E-state index in [-0.39, 0.29) is 12.0 Å². The van der Waals surface area contributed by atoms with Gasteiger partial charge in [0.15, 0.2) is 0 Å². The van der Waals surface area contributed by atoms with Gasteiger partial charge in [0.05, 0.1) is 7.11 Å². The average Bonchev–Trinajstić information content (AvgIpc) is 2.51. The Morgan fingerprint density at radius 2 is 1.90 bits per heavy atom. The van der Waals surface area contributed by atoms with Gasteiger partial charge in [0.2, 0.25) is 0 Å². The number of hydrogen-bond acceptors (Lipinski definition) is 3. The van der Waals surface area contributed by atoms with Crippen molar-refractivity contribution in [3.05, 3.63) is 0 Å². The zero-order valence-electron chi connectivity index (χ0n) is 13.4. The van der Waals surface area contributed by atoms with Gasteiger partial charge in [-0.15, -0.1) is 0 Å². The van der Waals surface area contributed by atoms with E-state index in [9.17, 15) is 4.79 Å². The average molecular weight is 281 g/mol. The molecular weight excluding hydrogens is 250 g/mol. The molecular formula is C17H31NO2. The van der Waals surface area contributed by atoms with Gasteiger partial charge in [-0.2, -0.15) is 0 Å². The summed E-state index contributed by atoms with van der Waals surface area (Å²) in [6.07, 6.45) is 10.5. The highest BCUT2D eigenvalue weighted by Crippen LogP contribution is 2.40. The van der Waals surface area contributed by atoms with Gasteiger partial charge in [-0.05, 0) is 37.0 Å².